The minimum Gasteiger partial charge on any atom is -0.387 e. The van der Waals surface area contributed by atoms with Crippen LogP contribution in [0.4, 0.5) is 5.13 Å². The van der Waals surface area contributed by atoms with Crippen LogP contribution in [0.3, 0.4) is 0 Å². The zero-order chi connectivity index (χ0) is 12.8. The fourth-order valence-electron chi connectivity index (χ4n) is 1.47. The molecule has 0 saturated heterocycles. The normalized spacial score (nSPS) is 12.4. The first-order valence-electron chi connectivity index (χ1n) is 5.99. The van der Waals surface area contributed by atoms with Crippen LogP contribution in [-0.4, -0.2) is 28.3 Å². The number of hydrogen-bond donors (Lipinski definition) is 2. The quantitative estimate of drug-likeness (QED) is 0.576. The van der Waals surface area contributed by atoms with Crippen molar-refractivity contribution in [1.29, 1.82) is 5.41 Å². The highest BCUT2D eigenvalue weighted by molar-refractivity contribution is 7.09. The van der Waals surface area contributed by atoms with Gasteiger partial charge in [0.05, 0.1) is 5.84 Å². The molecule has 0 radical (unpaired) electrons. The van der Waals surface area contributed by atoms with E-state index >= 15 is 0 Å². The third kappa shape index (κ3) is 3.96. The molecule has 0 aromatic carbocycles. The fourth-order valence-corrected chi connectivity index (χ4v) is 2.25. The summed E-state index contributed by atoms with van der Waals surface area (Å²) < 4.78 is 4.33. The van der Waals surface area contributed by atoms with Crippen molar-refractivity contribution in [2.24, 2.45) is 11.7 Å². The van der Waals surface area contributed by atoms with Gasteiger partial charge in [-0.1, -0.05) is 13.8 Å². The molecule has 0 aliphatic heterocycles. The van der Waals surface area contributed by atoms with Gasteiger partial charge in [0.15, 0.2) is 0 Å². The first-order chi connectivity index (χ1) is 8.08. The lowest BCUT2D eigenvalue weighted by Crippen LogP contribution is -2.34. The van der Waals surface area contributed by atoms with Crippen molar-refractivity contribution in [3.05, 3.63) is 5.82 Å². The van der Waals surface area contributed by atoms with E-state index in [1.165, 1.54) is 11.5 Å². The van der Waals surface area contributed by atoms with Crippen molar-refractivity contribution in [2.45, 2.75) is 33.6 Å². The summed E-state index contributed by atoms with van der Waals surface area (Å²) in [4.78, 5) is 6.63. The van der Waals surface area contributed by atoms with Crippen LogP contribution >= 0.6 is 11.5 Å². The summed E-state index contributed by atoms with van der Waals surface area (Å²) >= 11 is 1.43. The highest BCUT2D eigenvalue weighted by Gasteiger charge is 2.15. The van der Waals surface area contributed by atoms with Crippen LogP contribution in [0, 0.1) is 11.3 Å². The lowest BCUT2D eigenvalue weighted by molar-refractivity contribution is 0.693. The molecule has 0 spiro atoms. The summed E-state index contributed by atoms with van der Waals surface area (Å²) in [5, 5.41) is 8.36. The van der Waals surface area contributed by atoms with E-state index in [1.807, 2.05) is 6.92 Å². The van der Waals surface area contributed by atoms with Crippen LogP contribution in [-0.2, 0) is 6.42 Å². The van der Waals surface area contributed by atoms with E-state index in [9.17, 15) is 0 Å². The van der Waals surface area contributed by atoms with Crippen molar-refractivity contribution < 1.29 is 0 Å². The average molecular weight is 255 g/mol. The van der Waals surface area contributed by atoms with Crippen molar-refractivity contribution in [3.8, 4) is 0 Å². The number of nitrogens with one attached hydrogen (secondary N) is 1. The van der Waals surface area contributed by atoms with Gasteiger partial charge in [-0.05, 0) is 13.3 Å². The van der Waals surface area contributed by atoms with E-state index in [2.05, 4.69) is 28.1 Å². The van der Waals surface area contributed by atoms with Gasteiger partial charge in [-0.15, -0.1) is 0 Å². The Hall–Kier alpha value is -1.17. The molecule has 96 valence electrons. The van der Waals surface area contributed by atoms with Crippen LogP contribution < -0.4 is 10.6 Å². The summed E-state index contributed by atoms with van der Waals surface area (Å²) in [7, 11) is 0. The zero-order valence-electron chi connectivity index (χ0n) is 10.7. The molecule has 0 aliphatic rings. The molecule has 0 bridgehead atoms. The van der Waals surface area contributed by atoms with E-state index in [-0.39, 0.29) is 11.8 Å². The number of nitrogens with two attached hydrogens (primary N) is 1. The summed E-state index contributed by atoms with van der Waals surface area (Å²) in [5.74, 6) is 1.19. The number of nitrogens with zero attached hydrogens (tertiary/aromatic N) is 3. The second-order valence-electron chi connectivity index (χ2n) is 4.14. The van der Waals surface area contributed by atoms with Crippen molar-refractivity contribution in [1.82, 2.24) is 9.36 Å². The van der Waals surface area contributed by atoms with E-state index in [0.717, 1.165) is 36.9 Å². The molecular weight excluding hydrogens is 234 g/mol. The largest absolute Gasteiger partial charge is 0.387 e. The summed E-state index contributed by atoms with van der Waals surface area (Å²) in [6.45, 7) is 7.74. The molecule has 1 heterocycles. The lowest BCUT2D eigenvalue weighted by atomic mass is 10.1. The first kappa shape index (κ1) is 13.9. The van der Waals surface area contributed by atoms with E-state index < -0.39 is 0 Å². The minimum atomic E-state index is 0.0495. The van der Waals surface area contributed by atoms with Crippen molar-refractivity contribution >= 4 is 22.5 Å². The number of hydrogen-bond acceptors (Lipinski definition) is 5. The van der Waals surface area contributed by atoms with Gasteiger partial charge in [0, 0.05) is 37.0 Å². The Bertz CT molecular complexity index is 362. The summed E-state index contributed by atoms with van der Waals surface area (Å²) in [6, 6.07) is 0. The highest BCUT2D eigenvalue weighted by atomic mass is 32.1. The number of amidine groups is 1. The molecule has 3 N–H and O–H groups in total. The van der Waals surface area contributed by atoms with Gasteiger partial charge in [0.25, 0.3) is 0 Å². The Morgan fingerprint density at radius 3 is 2.76 bits per heavy atom. The maximum absolute atomic E-state index is 7.42. The molecule has 1 aromatic rings. The average Bonchev–Trinajstić information content (AvgIpc) is 2.74. The third-order valence-corrected chi connectivity index (χ3v) is 3.42. The number of aromatic nitrogens is 2. The number of aryl methyl sites for hydroxylation is 1. The minimum absolute atomic E-state index is 0.0495. The highest BCUT2D eigenvalue weighted by Crippen LogP contribution is 2.19. The molecular formula is C11H21N5S. The van der Waals surface area contributed by atoms with Gasteiger partial charge < -0.3 is 10.6 Å². The van der Waals surface area contributed by atoms with Crippen LogP contribution in [0.2, 0.25) is 0 Å². The Balaban J connectivity index is 2.68. The number of rotatable bonds is 7. The van der Waals surface area contributed by atoms with Crippen molar-refractivity contribution in [3.63, 3.8) is 0 Å². The third-order valence-electron chi connectivity index (χ3n) is 2.61. The van der Waals surface area contributed by atoms with Gasteiger partial charge in [-0.3, -0.25) is 5.41 Å². The maximum Gasteiger partial charge on any atom is 0.205 e. The van der Waals surface area contributed by atoms with Gasteiger partial charge in [-0.25, -0.2) is 4.98 Å². The predicted octanol–water partition coefficient (Wildman–Crippen LogP) is 1.89. The Morgan fingerprint density at radius 2 is 2.24 bits per heavy atom. The molecule has 1 aromatic heterocycles. The van der Waals surface area contributed by atoms with E-state index in [1.54, 1.807) is 0 Å². The summed E-state index contributed by atoms with van der Waals surface area (Å²) in [6.07, 6.45) is 1.99. The molecule has 1 rings (SSSR count). The smallest absolute Gasteiger partial charge is 0.205 e. The van der Waals surface area contributed by atoms with Crippen LogP contribution in [0.1, 0.15) is 33.0 Å². The second kappa shape index (κ2) is 6.54. The Kier molecular flexibility index (Phi) is 5.34. The molecule has 6 heteroatoms. The second-order valence-corrected chi connectivity index (χ2v) is 4.87. The summed E-state index contributed by atoms with van der Waals surface area (Å²) in [5.41, 5.74) is 5.49. The van der Waals surface area contributed by atoms with Gasteiger partial charge in [0.1, 0.15) is 5.82 Å². The van der Waals surface area contributed by atoms with Gasteiger partial charge >= 0.3 is 0 Å². The molecule has 0 fully saturated rings. The molecule has 1 atom stereocenters. The molecule has 0 saturated carbocycles. The zero-order valence-corrected chi connectivity index (χ0v) is 11.5. The Morgan fingerprint density at radius 1 is 1.53 bits per heavy atom. The first-order valence-corrected chi connectivity index (χ1v) is 6.77. The molecule has 5 nitrogen and oxygen atoms in total. The van der Waals surface area contributed by atoms with E-state index in [0.29, 0.717) is 0 Å². The molecule has 1 unspecified atom stereocenters. The lowest BCUT2D eigenvalue weighted by Gasteiger charge is -2.22. The fraction of sp³-hybridized carbons (Fsp3) is 0.727. The molecule has 0 aliphatic carbocycles. The number of anilines is 1. The van der Waals surface area contributed by atoms with Crippen LogP contribution in [0.15, 0.2) is 0 Å². The molecule has 17 heavy (non-hydrogen) atoms. The van der Waals surface area contributed by atoms with Gasteiger partial charge in [-0.2, -0.15) is 4.37 Å². The SMILES string of the molecule is CCCc1nsc(N(CC)CC(C)C(=N)N)n1. The van der Waals surface area contributed by atoms with Crippen LogP contribution in [0.5, 0.6) is 0 Å². The maximum atomic E-state index is 7.42. The van der Waals surface area contributed by atoms with Crippen LogP contribution in [0.25, 0.3) is 0 Å². The van der Waals surface area contributed by atoms with E-state index in [4.69, 9.17) is 11.1 Å². The predicted molar refractivity (Wildman–Crippen MR) is 72.9 cm³/mol. The standard InChI is InChI=1S/C11H21N5S/c1-4-6-9-14-11(17-15-9)16(5-2)7-8(3)10(12)13/h8H,4-7H2,1-3H3,(H3,12,13). The Labute approximate surface area is 107 Å². The van der Waals surface area contributed by atoms with Crippen molar-refractivity contribution in [2.75, 3.05) is 18.0 Å². The molecule has 0 amide bonds. The topological polar surface area (TPSA) is 78.9 Å². The van der Waals surface area contributed by atoms with Gasteiger partial charge in [0.2, 0.25) is 5.13 Å². The monoisotopic (exact) mass is 255 g/mol.